The summed E-state index contributed by atoms with van der Waals surface area (Å²) in [5.74, 6) is -0.226. The van der Waals surface area contributed by atoms with Crippen LogP contribution in [0, 0.1) is 5.92 Å². The number of esters is 1. The predicted molar refractivity (Wildman–Crippen MR) is 53.5 cm³/mol. The molecule has 1 N–H and O–H groups in total. The molecule has 13 heavy (non-hydrogen) atoms. The van der Waals surface area contributed by atoms with Crippen LogP contribution in [0.5, 0.6) is 0 Å². The first-order valence-corrected chi connectivity index (χ1v) is 4.59. The Bertz CT molecular complexity index is 178. The second-order valence-corrected chi connectivity index (χ2v) is 3.24. The highest BCUT2D eigenvalue weighted by molar-refractivity contribution is 5.72. The van der Waals surface area contributed by atoms with Gasteiger partial charge in [0.15, 0.2) is 0 Å². The van der Waals surface area contributed by atoms with Gasteiger partial charge in [-0.05, 0) is 13.8 Å². The molecular weight excluding hydrogens is 166 g/mol. The van der Waals surface area contributed by atoms with E-state index in [1.54, 1.807) is 0 Å². The maximum Gasteiger partial charge on any atom is 0.309 e. The summed E-state index contributed by atoms with van der Waals surface area (Å²) in [6.45, 7) is 11.2. The average Bonchev–Trinajstić information content (AvgIpc) is 2.04. The summed E-state index contributed by atoms with van der Waals surface area (Å²) in [5, 5.41) is 3.12. The van der Waals surface area contributed by atoms with E-state index in [2.05, 4.69) is 11.9 Å². The van der Waals surface area contributed by atoms with Crippen molar-refractivity contribution >= 4 is 5.97 Å². The maximum atomic E-state index is 11.1. The lowest BCUT2D eigenvalue weighted by atomic mass is 10.2. The van der Waals surface area contributed by atoms with E-state index in [0.717, 1.165) is 12.1 Å². The third kappa shape index (κ3) is 6.34. The molecular formula is C10H19NO2. The van der Waals surface area contributed by atoms with Gasteiger partial charge in [0.1, 0.15) is 0 Å². The van der Waals surface area contributed by atoms with Crippen LogP contribution >= 0.6 is 0 Å². The monoisotopic (exact) mass is 185 g/mol. The molecule has 0 amide bonds. The molecule has 0 aromatic rings. The second kappa shape index (κ2) is 6.66. The van der Waals surface area contributed by atoms with Crippen molar-refractivity contribution in [3.05, 3.63) is 12.2 Å². The van der Waals surface area contributed by atoms with Gasteiger partial charge >= 0.3 is 5.97 Å². The van der Waals surface area contributed by atoms with Gasteiger partial charge < -0.3 is 10.1 Å². The van der Waals surface area contributed by atoms with Crippen LogP contribution in [0.3, 0.4) is 0 Å². The first-order valence-electron chi connectivity index (χ1n) is 4.59. The van der Waals surface area contributed by atoms with E-state index in [1.807, 2.05) is 20.8 Å². The molecule has 0 spiro atoms. The number of nitrogens with one attached hydrogen (secondary N) is 1. The van der Waals surface area contributed by atoms with Gasteiger partial charge in [0.2, 0.25) is 0 Å². The van der Waals surface area contributed by atoms with Gasteiger partial charge in [-0.1, -0.05) is 19.1 Å². The normalized spacial score (nSPS) is 12.2. The molecule has 0 heterocycles. The third-order valence-electron chi connectivity index (χ3n) is 1.57. The van der Waals surface area contributed by atoms with E-state index in [0.29, 0.717) is 13.2 Å². The maximum absolute atomic E-state index is 11.1. The van der Waals surface area contributed by atoms with Crippen LogP contribution in [0.15, 0.2) is 12.2 Å². The molecule has 0 aromatic heterocycles. The van der Waals surface area contributed by atoms with Crippen molar-refractivity contribution in [2.45, 2.75) is 20.8 Å². The minimum absolute atomic E-state index is 0.0840. The summed E-state index contributed by atoms with van der Waals surface area (Å²) in [6, 6.07) is 0. The molecule has 0 aromatic carbocycles. The van der Waals surface area contributed by atoms with Crippen molar-refractivity contribution in [2.24, 2.45) is 5.92 Å². The summed E-state index contributed by atoms with van der Waals surface area (Å²) in [7, 11) is 0. The molecule has 0 radical (unpaired) electrons. The first-order chi connectivity index (χ1) is 6.07. The van der Waals surface area contributed by atoms with Crippen molar-refractivity contribution < 1.29 is 9.53 Å². The molecule has 76 valence electrons. The Morgan fingerprint density at radius 3 is 2.69 bits per heavy atom. The average molecular weight is 185 g/mol. The molecule has 3 nitrogen and oxygen atoms in total. The van der Waals surface area contributed by atoms with Crippen molar-refractivity contribution in [2.75, 3.05) is 19.7 Å². The smallest absolute Gasteiger partial charge is 0.309 e. The Morgan fingerprint density at radius 1 is 1.62 bits per heavy atom. The molecule has 0 saturated carbocycles. The fraction of sp³-hybridized carbons (Fsp3) is 0.700. The molecule has 0 fully saturated rings. The van der Waals surface area contributed by atoms with Gasteiger partial charge in [-0.2, -0.15) is 0 Å². The zero-order valence-electron chi connectivity index (χ0n) is 8.72. The van der Waals surface area contributed by atoms with E-state index in [1.165, 1.54) is 0 Å². The Hall–Kier alpha value is -0.830. The zero-order chi connectivity index (χ0) is 10.3. The highest BCUT2D eigenvalue weighted by atomic mass is 16.5. The first kappa shape index (κ1) is 12.2. The lowest BCUT2D eigenvalue weighted by Crippen LogP contribution is -2.28. The molecule has 0 rings (SSSR count). The fourth-order valence-electron chi connectivity index (χ4n) is 0.870. The van der Waals surface area contributed by atoms with Crippen LogP contribution in [0.25, 0.3) is 0 Å². The van der Waals surface area contributed by atoms with E-state index < -0.39 is 0 Å². The summed E-state index contributed by atoms with van der Waals surface area (Å²) in [5.41, 5.74) is 1.07. The number of hydrogen-bond donors (Lipinski definition) is 1. The van der Waals surface area contributed by atoms with Crippen LogP contribution in [-0.4, -0.2) is 25.7 Å². The fourth-order valence-corrected chi connectivity index (χ4v) is 0.870. The number of carbonyl (C=O) groups excluding carboxylic acids is 1. The van der Waals surface area contributed by atoms with Gasteiger partial charge in [-0.15, -0.1) is 0 Å². The van der Waals surface area contributed by atoms with E-state index in [9.17, 15) is 4.79 Å². The lowest BCUT2D eigenvalue weighted by Gasteiger charge is -2.11. The summed E-state index contributed by atoms with van der Waals surface area (Å²) in [6.07, 6.45) is 0. The second-order valence-electron chi connectivity index (χ2n) is 3.24. The van der Waals surface area contributed by atoms with Crippen LogP contribution in [-0.2, 0) is 9.53 Å². The zero-order valence-corrected chi connectivity index (χ0v) is 8.72. The van der Waals surface area contributed by atoms with E-state index in [-0.39, 0.29) is 11.9 Å². The van der Waals surface area contributed by atoms with Crippen molar-refractivity contribution in [3.63, 3.8) is 0 Å². The Balaban J connectivity index is 3.55. The Kier molecular flexibility index (Phi) is 6.24. The minimum Gasteiger partial charge on any atom is -0.466 e. The SMILES string of the molecule is C=C(C)CNCC(C)C(=O)OCC. The largest absolute Gasteiger partial charge is 0.466 e. The highest BCUT2D eigenvalue weighted by Crippen LogP contribution is 1.96. The summed E-state index contributed by atoms with van der Waals surface area (Å²) in [4.78, 5) is 11.1. The highest BCUT2D eigenvalue weighted by Gasteiger charge is 2.12. The number of ether oxygens (including phenoxy) is 1. The van der Waals surface area contributed by atoms with Crippen LogP contribution in [0.1, 0.15) is 20.8 Å². The Morgan fingerprint density at radius 2 is 2.23 bits per heavy atom. The topological polar surface area (TPSA) is 38.3 Å². The van der Waals surface area contributed by atoms with Crippen LogP contribution in [0.4, 0.5) is 0 Å². The van der Waals surface area contributed by atoms with Gasteiger partial charge in [-0.3, -0.25) is 4.79 Å². The molecule has 0 aliphatic heterocycles. The number of hydrogen-bond acceptors (Lipinski definition) is 3. The van der Waals surface area contributed by atoms with E-state index in [4.69, 9.17) is 4.74 Å². The van der Waals surface area contributed by atoms with Gasteiger partial charge in [-0.25, -0.2) is 0 Å². The number of carbonyl (C=O) groups is 1. The van der Waals surface area contributed by atoms with Crippen LogP contribution in [0.2, 0.25) is 0 Å². The van der Waals surface area contributed by atoms with E-state index >= 15 is 0 Å². The lowest BCUT2D eigenvalue weighted by molar-refractivity contribution is -0.147. The quantitative estimate of drug-likeness (QED) is 0.501. The standard InChI is InChI=1S/C10H19NO2/c1-5-13-10(12)9(4)7-11-6-8(2)3/h9,11H,2,5-7H2,1,3-4H3. The molecule has 1 unspecified atom stereocenters. The molecule has 0 bridgehead atoms. The van der Waals surface area contributed by atoms with Gasteiger partial charge in [0.05, 0.1) is 12.5 Å². The molecule has 1 atom stereocenters. The number of rotatable bonds is 6. The minimum atomic E-state index is -0.142. The molecule has 0 aliphatic carbocycles. The van der Waals surface area contributed by atoms with Crippen molar-refractivity contribution in [3.8, 4) is 0 Å². The van der Waals surface area contributed by atoms with Gasteiger partial charge in [0, 0.05) is 13.1 Å². The van der Waals surface area contributed by atoms with Crippen molar-refractivity contribution in [1.29, 1.82) is 0 Å². The van der Waals surface area contributed by atoms with Crippen LogP contribution < -0.4 is 5.32 Å². The Labute approximate surface area is 80.2 Å². The third-order valence-corrected chi connectivity index (χ3v) is 1.57. The van der Waals surface area contributed by atoms with Crippen molar-refractivity contribution in [1.82, 2.24) is 5.32 Å². The predicted octanol–water partition coefficient (Wildman–Crippen LogP) is 1.35. The summed E-state index contributed by atoms with van der Waals surface area (Å²) < 4.78 is 4.86. The van der Waals surface area contributed by atoms with Gasteiger partial charge in [0.25, 0.3) is 0 Å². The summed E-state index contributed by atoms with van der Waals surface area (Å²) >= 11 is 0. The molecule has 3 heteroatoms. The molecule has 0 saturated heterocycles. The molecule has 0 aliphatic rings.